The van der Waals surface area contributed by atoms with Gasteiger partial charge in [-0.25, -0.2) is 0 Å². The summed E-state index contributed by atoms with van der Waals surface area (Å²) in [4.78, 5) is 13.5. The van der Waals surface area contributed by atoms with E-state index in [0.717, 1.165) is 25.0 Å². The topological polar surface area (TPSA) is 32.3 Å². The number of carbonyl (C=O) groups is 1. The molecule has 0 spiro atoms. The van der Waals surface area contributed by atoms with Gasteiger partial charge in [-0.05, 0) is 36.5 Å². The minimum Gasteiger partial charge on any atom is -0.322 e. The van der Waals surface area contributed by atoms with E-state index in [-0.39, 0.29) is 12.5 Å². The van der Waals surface area contributed by atoms with Crippen molar-refractivity contribution >= 4 is 5.91 Å². The van der Waals surface area contributed by atoms with Gasteiger partial charge in [0.05, 0.1) is 12.1 Å². The number of hydrogen-bond donors (Lipinski definition) is 1. The van der Waals surface area contributed by atoms with Crippen LogP contribution in [-0.2, 0) is 11.0 Å². The summed E-state index contributed by atoms with van der Waals surface area (Å²) in [7, 11) is 0. The van der Waals surface area contributed by atoms with Crippen LogP contribution in [0.15, 0.2) is 24.3 Å². The second kappa shape index (κ2) is 4.77. The van der Waals surface area contributed by atoms with Crippen LogP contribution in [0.2, 0.25) is 0 Å². The van der Waals surface area contributed by atoms with Gasteiger partial charge in [0.1, 0.15) is 6.17 Å². The van der Waals surface area contributed by atoms with Crippen molar-refractivity contribution in [3.8, 4) is 0 Å². The summed E-state index contributed by atoms with van der Waals surface area (Å²) in [6.07, 6.45) is -2.61. The monoisotopic (exact) mass is 284 g/mol. The molecule has 1 N–H and O–H groups in total. The maximum Gasteiger partial charge on any atom is 0.416 e. The van der Waals surface area contributed by atoms with Gasteiger partial charge in [0.2, 0.25) is 5.91 Å². The molecule has 1 aliphatic carbocycles. The number of hydrogen-bond acceptors (Lipinski definition) is 2. The Bertz CT molecular complexity index is 525. The molecule has 1 unspecified atom stereocenters. The molecule has 20 heavy (non-hydrogen) atoms. The van der Waals surface area contributed by atoms with E-state index in [0.29, 0.717) is 18.0 Å². The molecule has 1 aromatic rings. The Labute approximate surface area is 114 Å². The molecule has 2 aliphatic rings. The quantitative estimate of drug-likeness (QED) is 0.925. The maximum absolute atomic E-state index is 12.7. The standard InChI is InChI=1S/C14H15F3N2O/c15-14(16,17)11-3-1-2-10(6-11)13-18-7-12(20)19(13)8-9-4-5-9/h1-3,6,9,13,18H,4-5,7-8H2. The van der Waals surface area contributed by atoms with Gasteiger partial charge in [-0.2, -0.15) is 13.2 Å². The predicted octanol–water partition coefficient (Wildman–Crippen LogP) is 2.55. The summed E-state index contributed by atoms with van der Waals surface area (Å²) in [6.45, 7) is 0.820. The smallest absolute Gasteiger partial charge is 0.322 e. The average molecular weight is 284 g/mol. The van der Waals surface area contributed by atoms with Gasteiger partial charge in [0.25, 0.3) is 0 Å². The fraction of sp³-hybridized carbons (Fsp3) is 0.500. The van der Waals surface area contributed by atoms with Gasteiger partial charge >= 0.3 is 6.18 Å². The molecular weight excluding hydrogens is 269 g/mol. The zero-order chi connectivity index (χ0) is 14.3. The first kappa shape index (κ1) is 13.4. The summed E-state index contributed by atoms with van der Waals surface area (Å²) >= 11 is 0. The molecule has 2 fully saturated rings. The third kappa shape index (κ3) is 2.65. The van der Waals surface area contributed by atoms with Crippen LogP contribution in [0.4, 0.5) is 13.2 Å². The van der Waals surface area contributed by atoms with Crippen LogP contribution in [0.25, 0.3) is 0 Å². The molecule has 1 aliphatic heterocycles. The lowest BCUT2D eigenvalue weighted by molar-refractivity contribution is -0.137. The van der Waals surface area contributed by atoms with Crippen molar-refractivity contribution in [3.05, 3.63) is 35.4 Å². The van der Waals surface area contributed by atoms with Gasteiger partial charge in [-0.1, -0.05) is 12.1 Å². The Morgan fingerprint density at radius 2 is 2.05 bits per heavy atom. The van der Waals surface area contributed by atoms with Crippen molar-refractivity contribution in [2.45, 2.75) is 25.2 Å². The highest BCUT2D eigenvalue weighted by Gasteiger charge is 2.37. The van der Waals surface area contributed by atoms with Crippen molar-refractivity contribution in [1.82, 2.24) is 10.2 Å². The fourth-order valence-electron chi connectivity index (χ4n) is 2.51. The van der Waals surface area contributed by atoms with Crippen molar-refractivity contribution in [2.75, 3.05) is 13.1 Å². The molecule has 1 amide bonds. The zero-order valence-corrected chi connectivity index (χ0v) is 10.8. The first-order chi connectivity index (χ1) is 9.45. The van der Waals surface area contributed by atoms with Crippen LogP contribution < -0.4 is 5.32 Å². The van der Waals surface area contributed by atoms with Crippen LogP contribution in [0.3, 0.4) is 0 Å². The summed E-state index contributed by atoms with van der Waals surface area (Å²) in [5, 5.41) is 2.99. The van der Waals surface area contributed by atoms with Crippen molar-refractivity contribution < 1.29 is 18.0 Å². The minimum absolute atomic E-state index is 0.0423. The van der Waals surface area contributed by atoms with E-state index >= 15 is 0 Å². The van der Waals surface area contributed by atoms with Crippen LogP contribution in [0.5, 0.6) is 0 Å². The molecule has 6 heteroatoms. The van der Waals surface area contributed by atoms with Gasteiger partial charge in [-0.3, -0.25) is 10.1 Å². The van der Waals surface area contributed by atoms with E-state index < -0.39 is 17.9 Å². The number of nitrogens with zero attached hydrogens (tertiary/aromatic N) is 1. The molecule has 1 heterocycles. The van der Waals surface area contributed by atoms with E-state index in [2.05, 4.69) is 5.32 Å². The number of amides is 1. The molecular formula is C14H15F3N2O. The third-order valence-electron chi connectivity index (χ3n) is 3.76. The van der Waals surface area contributed by atoms with Crippen LogP contribution >= 0.6 is 0 Å². The second-order valence-corrected chi connectivity index (χ2v) is 5.40. The molecule has 3 nitrogen and oxygen atoms in total. The molecule has 108 valence electrons. The first-order valence-corrected chi connectivity index (χ1v) is 6.65. The van der Waals surface area contributed by atoms with Gasteiger partial charge in [0.15, 0.2) is 0 Å². The molecule has 1 saturated carbocycles. The fourth-order valence-corrected chi connectivity index (χ4v) is 2.51. The van der Waals surface area contributed by atoms with Crippen molar-refractivity contribution in [2.24, 2.45) is 5.92 Å². The molecule has 1 atom stereocenters. The lowest BCUT2D eigenvalue weighted by Crippen LogP contribution is -2.32. The van der Waals surface area contributed by atoms with Crippen LogP contribution in [-0.4, -0.2) is 23.9 Å². The number of rotatable bonds is 3. The average Bonchev–Trinajstić information content (AvgIpc) is 3.14. The van der Waals surface area contributed by atoms with E-state index in [1.54, 1.807) is 11.0 Å². The molecule has 0 bridgehead atoms. The van der Waals surface area contributed by atoms with Crippen LogP contribution in [0, 0.1) is 5.92 Å². The van der Waals surface area contributed by atoms with Gasteiger partial charge in [0, 0.05) is 6.54 Å². The number of carbonyl (C=O) groups excluding carboxylic acids is 1. The SMILES string of the molecule is O=C1CNC(c2cccc(C(F)(F)F)c2)N1CC1CC1. The summed E-state index contributed by atoms with van der Waals surface area (Å²) in [5.74, 6) is 0.464. The summed E-state index contributed by atoms with van der Waals surface area (Å²) < 4.78 is 38.2. The number of halogens is 3. The van der Waals surface area contributed by atoms with E-state index in [1.807, 2.05) is 0 Å². The lowest BCUT2D eigenvalue weighted by Gasteiger charge is -2.25. The Morgan fingerprint density at radius 1 is 1.30 bits per heavy atom. The van der Waals surface area contributed by atoms with Crippen molar-refractivity contribution in [1.29, 1.82) is 0 Å². The number of alkyl halides is 3. The zero-order valence-electron chi connectivity index (χ0n) is 10.8. The van der Waals surface area contributed by atoms with Gasteiger partial charge in [-0.15, -0.1) is 0 Å². The highest BCUT2D eigenvalue weighted by atomic mass is 19.4. The predicted molar refractivity (Wildman–Crippen MR) is 66.6 cm³/mol. The van der Waals surface area contributed by atoms with E-state index in [1.165, 1.54) is 6.07 Å². The number of nitrogens with one attached hydrogen (secondary N) is 1. The van der Waals surface area contributed by atoms with Gasteiger partial charge < -0.3 is 4.90 Å². The highest BCUT2D eigenvalue weighted by Crippen LogP contribution is 2.35. The summed E-state index contributed by atoms with van der Waals surface area (Å²) in [5.41, 5.74) is -0.186. The second-order valence-electron chi connectivity index (χ2n) is 5.40. The minimum atomic E-state index is -4.36. The molecule has 0 aromatic heterocycles. The molecule has 1 aromatic carbocycles. The Balaban J connectivity index is 1.85. The first-order valence-electron chi connectivity index (χ1n) is 6.65. The van der Waals surface area contributed by atoms with E-state index in [4.69, 9.17) is 0 Å². The highest BCUT2D eigenvalue weighted by molar-refractivity contribution is 5.81. The van der Waals surface area contributed by atoms with Crippen molar-refractivity contribution in [3.63, 3.8) is 0 Å². The van der Waals surface area contributed by atoms with Crippen LogP contribution in [0.1, 0.15) is 30.1 Å². The largest absolute Gasteiger partial charge is 0.416 e. The number of benzene rings is 1. The normalized spacial score (nSPS) is 23.4. The lowest BCUT2D eigenvalue weighted by atomic mass is 10.1. The Morgan fingerprint density at radius 3 is 2.70 bits per heavy atom. The third-order valence-corrected chi connectivity index (χ3v) is 3.76. The Kier molecular flexibility index (Phi) is 3.20. The van der Waals surface area contributed by atoms with E-state index in [9.17, 15) is 18.0 Å². The molecule has 0 radical (unpaired) electrons. The molecule has 3 rings (SSSR count). The molecule has 1 saturated heterocycles. The maximum atomic E-state index is 12.7. The Hall–Kier alpha value is -1.56. The summed E-state index contributed by atoms with van der Waals surface area (Å²) in [6, 6.07) is 5.19.